The first kappa shape index (κ1) is 26.0. The molecule has 0 fully saturated rings. The van der Waals surface area contributed by atoms with Crippen LogP contribution >= 0.6 is 46.4 Å². The molecule has 0 heterocycles. The molecule has 0 radical (unpaired) electrons. The summed E-state index contributed by atoms with van der Waals surface area (Å²) >= 11 is 23.9. The van der Waals surface area contributed by atoms with Gasteiger partial charge in [-0.25, -0.2) is 0 Å². The first-order chi connectivity index (χ1) is 16.1. The van der Waals surface area contributed by atoms with Gasteiger partial charge in [-0.2, -0.15) is 0 Å². The molecule has 3 aromatic carbocycles. The molecule has 2 N–H and O–H groups in total. The lowest BCUT2D eigenvalue weighted by Crippen LogP contribution is -2.31. The van der Waals surface area contributed by atoms with Crippen LogP contribution in [0.3, 0.4) is 0 Å². The lowest BCUT2D eigenvalue weighted by Gasteiger charge is -2.17. The van der Waals surface area contributed by atoms with E-state index < -0.39 is 24.0 Å². The number of ether oxygens (including phenoxy) is 2. The molecule has 3 rings (SSSR count). The zero-order valence-electron chi connectivity index (χ0n) is 18.1. The van der Waals surface area contributed by atoms with E-state index in [1.807, 2.05) is 0 Å². The fraction of sp³-hybridized carbons (Fsp3) is 0.167. The number of carbonyl (C=O) groups excluding carboxylic acids is 2. The Morgan fingerprint density at radius 1 is 0.676 bits per heavy atom. The molecular weight excluding hydrogens is 522 g/mol. The van der Waals surface area contributed by atoms with Gasteiger partial charge in [0.2, 0.25) is 0 Å². The van der Waals surface area contributed by atoms with Crippen molar-refractivity contribution in [2.75, 3.05) is 10.6 Å². The highest BCUT2D eigenvalue weighted by Gasteiger charge is 2.19. The van der Waals surface area contributed by atoms with Crippen molar-refractivity contribution in [1.29, 1.82) is 0 Å². The number of carbonyl (C=O) groups is 2. The van der Waals surface area contributed by atoms with E-state index in [4.69, 9.17) is 55.9 Å². The number of nitrogens with one attached hydrogen (secondary N) is 2. The third kappa shape index (κ3) is 7.18. The van der Waals surface area contributed by atoms with Gasteiger partial charge in [-0.05, 0) is 68.4 Å². The maximum absolute atomic E-state index is 12.6. The Kier molecular flexibility index (Phi) is 8.91. The number of hydrogen-bond donors (Lipinski definition) is 2. The SMILES string of the molecule is CC(Oc1ccc(Cl)cc1Cl)C(=O)Nc1cccc(NC(=O)C(C)Oc2ccc(Cl)cc2Cl)c1. The third-order valence-corrected chi connectivity index (χ3v) is 5.59. The van der Waals surface area contributed by atoms with Crippen molar-refractivity contribution in [3.63, 3.8) is 0 Å². The minimum absolute atomic E-state index is 0.299. The molecule has 2 atom stereocenters. The minimum Gasteiger partial charge on any atom is -0.479 e. The second kappa shape index (κ2) is 11.7. The predicted octanol–water partition coefficient (Wildman–Crippen LogP) is 7.11. The monoisotopic (exact) mass is 540 g/mol. The van der Waals surface area contributed by atoms with Gasteiger partial charge in [0, 0.05) is 21.4 Å². The van der Waals surface area contributed by atoms with Gasteiger partial charge in [-0.15, -0.1) is 0 Å². The summed E-state index contributed by atoms with van der Waals surface area (Å²) in [6.45, 7) is 3.18. The lowest BCUT2D eigenvalue weighted by atomic mass is 10.2. The quantitative estimate of drug-likeness (QED) is 0.318. The molecule has 0 aliphatic heterocycles. The molecule has 3 aromatic rings. The molecule has 0 spiro atoms. The fourth-order valence-corrected chi connectivity index (χ4v) is 3.70. The van der Waals surface area contributed by atoms with Gasteiger partial charge in [-0.1, -0.05) is 52.5 Å². The average molecular weight is 542 g/mol. The second-order valence-electron chi connectivity index (χ2n) is 7.23. The van der Waals surface area contributed by atoms with Crippen molar-refractivity contribution in [3.05, 3.63) is 80.8 Å². The van der Waals surface area contributed by atoms with E-state index in [0.717, 1.165) is 0 Å². The summed E-state index contributed by atoms with van der Waals surface area (Å²) in [6, 6.07) is 16.1. The molecule has 6 nitrogen and oxygen atoms in total. The first-order valence-corrected chi connectivity index (χ1v) is 11.6. The molecule has 0 saturated carbocycles. The van der Waals surface area contributed by atoms with Crippen molar-refractivity contribution in [2.24, 2.45) is 0 Å². The molecule has 0 aromatic heterocycles. The minimum atomic E-state index is -0.838. The second-order valence-corrected chi connectivity index (χ2v) is 8.92. The summed E-state index contributed by atoms with van der Waals surface area (Å²) in [7, 11) is 0. The molecule has 0 aliphatic carbocycles. The molecule has 10 heteroatoms. The van der Waals surface area contributed by atoms with Crippen molar-refractivity contribution < 1.29 is 19.1 Å². The number of halogens is 4. The number of anilines is 2. The number of benzene rings is 3. The highest BCUT2D eigenvalue weighted by atomic mass is 35.5. The molecule has 34 heavy (non-hydrogen) atoms. The summed E-state index contributed by atoms with van der Waals surface area (Å²) in [6.07, 6.45) is -1.68. The highest BCUT2D eigenvalue weighted by molar-refractivity contribution is 6.36. The average Bonchev–Trinajstić information content (AvgIpc) is 2.77. The van der Waals surface area contributed by atoms with Gasteiger partial charge in [0.25, 0.3) is 11.8 Å². The first-order valence-electron chi connectivity index (χ1n) is 10.1. The van der Waals surface area contributed by atoms with Gasteiger partial charge in [-0.3, -0.25) is 9.59 Å². The summed E-state index contributed by atoms with van der Waals surface area (Å²) in [4.78, 5) is 25.1. The third-order valence-electron chi connectivity index (χ3n) is 4.53. The Morgan fingerprint density at radius 3 is 1.47 bits per heavy atom. The number of rotatable bonds is 8. The van der Waals surface area contributed by atoms with Crippen LogP contribution in [-0.2, 0) is 9.59 Å². The van der Waals surface area contributed by atoms with Gasteiger partial charge in [0.1, 0.15) is 11.5 Å². The Morgan fingerprint density at radius 2 is 1.09 bits per heavy atom. The van der Waals surface area contributed by atoms with E-state index in [-0.39, 0.29) is 0 Å². The Bertz CT molecular complexity index is 1120. The van der Waals surface area contributed by atoms with Crippen LogP contribution in [0.25, 0.3) is 0 Å². The van der Waals surface area contributed by atoms with Crippen LogP contribution in [0.2, 0.25) is 20.1 Å². The summed E-state index contributed by atoms with van der Waals surface area (Å²) in [5.41, 5.74) is 0.935. The lowest BCUT2D eigenvalue weighted by molar-refractivity contribution is -0.122. The van der Waals surface area contributed by atoms with E-state index in [1.165, 1.54) is 12.1 Å². The van der Waals surface area contributed by atoms with Crippen LogP contribution in [0.15, 0.2) is 60.7 Å². The van der Waals surface area contributed by atoms with E-state index in [1.54, 1.807) is 62.4 Å². The molecule has 0 bridgehead atoms. The van der Waals surface area contributed by atoms with E-state index in [2.05, 4.69) is 10.6 Å². The van der Waals surface area contributed by atoms with Crippen LogP contribution in [0, 0.1) is 0 Å². The molecule has 0 aliphatic rings. The van der Waals surface area contributed by atoms with Crippen LogP contribution in [0.4, 0.5) is 11.4 Å². The molecular formula is C24H20Cl4N2O4. The van der Waals surface area contributed by atoms with Crippen molar-refractivity contribution in [1.82, 2.24) is 0 Å². The van der Waals surface area contributed by atoms with Crippen LogP contribution in [0.1, 0.15) is 13.8 Å². The maximum atomic E-state index is 12.6. The van der Waals surface area contributed by atoms with E-state index in [0.29, 0.717) is 43.0 Å². The largest absolute Gasteiger partial charge is 0.479 e. The number of amides is 2. The van der Waals surface area contributed by atoms with Gasteiger partial charge in [0.05, 0.1) is 10.0 Å². The van der Waals surface area contributed by atoms with Crippen molar-refractivity contribution in [3.8, 4) is 11.5 Å². The molecule has 0 saturated heterocycles. The zero-order valence-corrected chi connectivity index (χ0v) is 21.1. The maximum Gasteiger partial charge on any atom is 0.265 e. The summed E-state index contributed by atoms with van der Waals surface area (Å²) in [5.74, 6) is -0.124. The van der Waals surface area contributed by atoms with Gasteiger partial charge >= 0.3 is 0 Å². The number of hydrogen-bond acceptors (Lipinski definition) is 4. The Balaban J connectivity index is 1.59. The van der Waals surface area contributed by atoms with Crippen molar-refractivity contribution in [2.45, 2.75) is 26.1 Å². The standard InChI is InChI=1S/C24H20Cl4N2O4/c1-13(33-21-8-6-15(25)10-19(21)27)23(31)29-17-4-3-5-18(12-17)30-24(32)14(2)34-22-9-7-16(26)11-20(22)28/h3-14H,1-2H3,(H,29,31)(H,30,32). The van der Waals surface area contributed by atoms with Gasteiger partial charge < -0.3 is 20.1 Å². The van der Waals surface area contributed by atoms with Crippen LogP contribution < -0.4 is 20.1 Å². The summed E-state index contributed by atoms with van der Waals surface area (Å²) in [5, 5.41) is 7.01. The zero-order chi connectivity index (χ0) is 24.8. The van der Waals surface area contributed by atoms with E-state index >= 15 is 0 Å². The molecule has 178 valence electrons. The molecule has 2 amide bonds. The fourth-order valence-electron chi connectivity index (χ4n) is 2.79. The Labute approximate surface area is 217 Å². The summed E-state index contributed by atoms with van der Waals surface area (Å²) < 4.78 is 11.3. The highest BCUT2D eigenvalue weighted by Crippen LogP contribution is 2.29. The Hall–Kier alpha value is -2.64. The normalized spacial score (nSPS) is 12.4. The van der Waals surface area contributed by atoms with Crippen LogP contribution in [0.5, 0.6) is 11.5 Å². The topological polar surface area (TPSA) is 76.7 Å². The van der Waals surface area contributed by atoms with Crippen LogP contribution in [-0.4, -0.2) is 24.0 Å². The van der Waals surface area contributed by atoms with Gasteiger partial charge in [0.15, 0.2) is 12.2 Å². The van der Waals surface area contributed by atoms with E-state index in [9.17, 15) is 9.59 Å². The smallest absolute Gasteiger partial charge is 0.265 e. The van der Waals surface area contributed by atoms with Crippen molar-refractivity contribution >= 4 is 69.6 Å². The molecule has 2 unspecified atom stereocenters. The predicted molar refractivity (Wildman–Crippen MR) is 137 cm³/mol.